The van der Waals surface area contributed by atoms with Gasteiger partial charge >= 0.3 is 0 Å². The third kappa shape index (κ3) is 4.31. The molecule has 1 atom stereocenters. The molecule has 1 aromatic rings. The van der Waals surface area contributed by atoms with Gasteiger partial charge in [-0.1, -0.05) is 18.2 Å². The summed E-state index contributed by atoms with van der Waals surface area (Å²) < 4.78 is 0. The van der Waals surface area contributed by atoms with Gasteiger partial charge in [-0.05, 0) is 25.0 Å². The molecule has 0 radical (unpaired) electrons. The number of likely N-dealkylation sites (tertiary alicyclic amines) is 1. The van der Waals surface area contributed by atoms with Crippen molar-refractivity contribution in [3.05, 3.63) is 35.9 Å². The van der Waals surface area contributed by atoms with Crippen LogP contribution in [-0.4, -0.2) is 60.7 Å². The zero-order valence-corrected chi connectivity index (χ0v) is 13.6. The summed E-state index contributed by atoms with van der Waals surface area (Å²) in [7, 11) is 3.36. The second-order valence-electron chi connectivity index (χ2n) is 5.85. The minimum absolute atomic E-state index is 0.0334. The molecule has 0 saturated carbocycles. The van der Waals surface area contributed by atoms with E-state index < -0.39 is 6.04 Å². The quantitative estimate of drug-likeness (QED) is 0.877. The molecule has 1 saturated heterocycles. The molecule has 0 spiro atoms. The number of nitrogens with zero attached hydrogens (tertiary/aromatic N) is 2. The highest BCUT2D eigenvalue weighted by atomic mass is 16.2. The van der Waals surface area contributed by atoms with Crippen LogP contribution in [-0.2, 0) is 9.59 Å². The van der Waals surface area contributed by atoms with E-state index in [1.165, 1.54) is 4.90 Å². The summed E-state index contributed by atoms with van der Waals surface area (Å²) >= 11 is 0. The van der Waals surface area contributed by atoms with Gasteiger partial charge in [-0.15, -0.1) is 0 Å². The number of rotatable bonds is 5. The fourth-order valence-electron chi connectivity index (χ4n) is 2.66. The average Bonchev–Trinajstić information content (AvgIpc) is 3.04. The van der Waals surface area contributed by atoms with Gasteiger partial charge in [-0.25, -0.2) is 0 Å². The lowest BCUT2D eigenvalue weighted by Gasteiger charge is -2.24. The Morgan fingerprint density at radius 3 is 2.57 bits per heavy atom. The van der Waals surface area contributed by atoms with Crippen LogP contribution in [0.15, 0.2) is 30.3 Å². The van der Waals surface area contributed by atoms with E-state index in [4.69, 9.17) is 0 Å². The summed E-state index contributed by atoms with van der Waals surface area (Å²) in [5.74, 6) is -0.333. The van der Waals surface area contributed by atoms with Gasteiger partial charge in [0.05, 0.1) is 0 Å². The molecule has 1 heterocycles. The van der Waals surface area contributed by atoms with E-state index in [0.717, 1.165) is 6.42 Å². The maximum Gasteiger partial charge on any atom is 0.254 e. The fraction of sp³-hybridized carbons (Fsp3) is 0.471. The van der Waals surface area contributed by atoms with Crippen molar-refractivity contribution in [3.63, 3.8) is 0 Å². The molecule has 1 aromatic carbocycles. The SMILES string of the molecule is CN(C)C(=O)CCNC(=O)C1CCCN1C(=O)c1ccccc1. The average molecular weight is 317 g/mol. The Hall–Kier alpha value is -2.37. The summed E-state index contributed by atoms with van der Waals surface area (Å²) in [5.41, 5.74) is 0.593. The van der Waals surface area contributed by atoms with Gasteiger partial charge in [0.1, 0.15) is 6.04 Å². The minimum Gasteiger partial charge on any atom is -0.354 e. The Morgan fingerprint density at radius 2 is 1.91 bits per heavy atom. The van der Waals surface area contributed by atoms with E-state index in [-0.39, 0.29) is 24.1 Å². The number of nitrogens with one attached hydrogen (secondary N) is 1. The summed E-state index contributed by atoms with van der Waals surface area (Å²) in [4.78, 5) is 39.5. The van der Waals surface area contributed by atoms with Crippen LogP contribution < -0.4 is 5.32 Å². The first kappa shape index (κ1) is 17.0. The number of amides is 3. The molecule has 1 fully saturated rings. The highest BCUT2D eigenvalue weighted by Gasteiger charge is 2.34. The number of hydrogen-bond donors (Lipinski definition) is 1. The second-order valence-corrected chi connectivity index (χ2v) is 5.85. The van der Waals surface area contributed by atoms with Crippen LogP contribution in [0.1, 0.15) is 29.6 Å². The molecule has 6 nitrogen and oxygen atoms in total. The van der Waals surface area contributed by atoms with Crippen LogP contribution in [0.2, 0.25) is 0 Å². The smallest absolute Gasteiger partial charge is 0.254 e. The third-order valence-electron chi connectivity index (χ3n) is 3.97. The highest BCUT2D eigenvalue weighted by Crippen LogP contribution is 2.20. The van der Waals surface area contributed by atoms with Crippen molar-refractivity contribution in [3.8, 4) is 0 Å². The van der Waals surface area contributed by atoms with Gasteiger partial charge in [0.25, 0.3) is 5.91 Å². The number of carbonyl (C=O) groups is 3. The predicted octanol–water partition coefficient (Wildman–Crippen LogP) is 0.886. The normalized spacial score (nSPS) is 17.0. The van der Waals surface area contributed by atoms with Crippen molar-refractivity contribution in [2.45, 2.75) is 25.3 Å². The van der Waals surface area contributed by atoms with Crippen molar-refractivity contribution in [2.24, 2.45) is 0 Å². The van der Waals surface area contributed by atoms with Gasteiger partial charge in [0, 0.05) is 39.2 Å². The lowest BCUT2D eigenvalue weighted by Crippen LogP contribution is -2.46. The van der Waals surface area contributed by atoms with Gasteiger partial charge in [-0.3, -0.25) is 14.4 Å². The molecule has 2 rings (SSSR count). The van der Waals surface area contributed by atoms with E-state index in [1.54, 1.807) is 31.1 Å². The van der Waals surface area contributed by atoms with Crippen LogP contribution in [0.4, 0.5) is 0 Å². The molecular formula is C17H23N3O3. The first-order chi connectivity index (χ1) is 11.0. The van der Waals surface area contributed by atoms with Crippen molar-refractivity contribution in [1.82, 2.24) is 15.1 Å². The zero-order valence-electron chi connectivity index (χ0n) is 13.6. The number of carbonyl (C=O) groups excluding carboxylic acids is 3. The molecule has 0 aromatic heterocycles. The van der Waals surface area contributed by atoms with Crippen LogP contribution in [0.3, 0.4) is 0 Å². The Kier molecular flexibility index (Phi) is 5.73. The van der Waals surface area contributed by atoms with E-state index in [0.29, 0.717) is 25.1 Å². The monoisotopic (exact) mass is 317 g/mol. The molecule has 1 aliphatic heterocycles. The van der Waals surface area contributed by atoms with E-state index in [1.807, 2.05) is 18.2 Å². The third-order valence-corrected chi connectivity index (χ3v) is 3.97. The fourth-order valence-corrected chi connectivity index (χ4v) is 2.66. The second kappa shape index (κ2) is 7.76. The van der Waals surface area contributed by atoms with Crippen LogP contribution in [0.25, 0.3) is 0 Å². The molecule has 1 unspecified atom stereocenters. The van der Waals surface area contributed by atoms with Crippen molar-refractivity contribution < 1.29 is 14.4 Å². The van der Waals surface area contributed by atoms with E-state index in [9.17, 15) is 14.4 Å². The standard InChI is InChI=1S/C17H23N3O3/c1-19(2)15(21)10-11-18-16(22)14-9-6-12-20(14)17(23)13-7-4-3-5-8-13/h3-5,7-8,14H,6,9-12H2,1-2H3,(H,18,22). The molecule has 23 heavy (non-hydrogen) atoms. The molecule has 1 aliphatic rings. The molecule has 124 valence electrons. The largest absolute Gasteiger partial charge is 0.354 e. The van der Waals surface area contributed by atoms with Crippen LogP contribution in [0.5, 0.6) is 0 Å². The minimum atomic E-state index is -0.447. The van der Waals surface area contributed by atoms with Crippen molar-refractivity contribution >= 4 is 17.7 Å². The summed E-state index contributed by atoms with van der Waals surface area (Å²) in [6.45, 7) is 0.877. The number of benzene rings is 1. The Bertz CT molecular complexity index is 572. The maximum atomic E-state index is 12.5. The van der Waals surface area contributed by atoms with Gasteiger partial charge in [0.15, 0.2) is 0 Å². The molecular weight excluding hydrogens is 294 g/mol. The van der Waals surface area contributed by atoms with Gasteiger partial charge in [0.2, 0.25) is 11.8 Å². The molecule has 0 bridgehead atoms. The number of hydrogen-bond acceptors (Lipinski definition) is 3. The first-order valence-corrected chi connectivity index (χ1v) is 7.84. The topological polar surface area (TPSA) is 69.7 Å². The van der Waals surface area contributed by atoms with E-state index >= 15 is 0 Å². The van der Waals surface area contributed by atoms with Crippen LogP contribution in [0, 0.1) is 0 Å². The lowest BCUT2D eigenvalue weighted by atomic mass is 10.1. The molecule has 0 aliphatic carbocycles. The predicted molar refractivity (Wildman–Crippen MR) is 86.8 cm³/mol. The molecule has 6 heteroatoms. The van der Waals surface area contributed by atoms with E-state index in [2.05, 4.69) is 5.32 Å². The summed E-state index contributed by atoms with van der Waals surface area (Å²) in [5, 5.41) is 2.77. The Morgan fingerprint density at radius 1 is 1.22 bits per heavy atom. The molecule has 3 amide bonds. The summed E-state index contributed by atoms with van der Waals surface area (Å²) in [6, 6.07) is 8.54. The zero-order chi connectivity index (χ0) is 16.8. The molecule has 1 N–H and O–H groups in total. The highest BCUT2D eigenvalue weighted by molar-refractivity contribution is 5.98. The summed E-state index contributed by atoms with van der Waals surface area (Å²) in [6.07, 6.45) is 1.73. The van der Waals surface area contributed by atoms with Crippen molar-refractivity contribution in [2.75, 3.05) is 27.2 Å². The lowest BCUT2D eigenvalue weighted by molar-refractivity contribution is -0.129. The van der Waals surface area contributed by atoms with Gasteiger partial charge < -0.3 is 15.1 Å². The van der Waals surface area contributed by atoms with Crippen molar-refractivity contribution in [1.29, 1.82) is 0 Å². The first-order valence-electron chi connectivity index (χ1n) is 7.84. The Labute approximate surface area is 136 Å². The Balaban J connectivity index is 1.92. The van der Waals surface area contributed by atoms with Crippen LogP contribution >= 0.6 is 0 Å². The maximum absolute atomic E-state index is 12.5. The van der Waals surface area contributed by atoms with Gasteiger partial charge in [-0.2, -0.15) is 0 Å².